The Kier molecular flexibility index (Phi) is 3.94. The van der Waals surface area contributed by atoms with E-state index in [1.54, 1.807) is 36.4 Å². The highest BCUT2D eigenvalue weighted by molar-refractivity contribution is 7.22. The molecule has 0 aliphatic rings. The molecule has 1 heterocycles. The Labute approximate surface area is 135 Å². The Morgan fingerprint density at radius 1 is 1.13 bits per heavy atom. The summed E-state index contributed by atoms with van der Waals surface area (Å²) in [5.74, 6) is -0.705. The highest BCUT2D eigenvalue weighted by Crippen LogP contribution is 2.26. The van der Waals surface area contributed by atoms with Crippen LogP contribution in [0.15, 0.2) is 42.5 Å². The van der Waals surface area contributed by atoms with Gasteiger partial charge in [0, 0.05) is 11.3 Å². The average Bonchev–Trinajstić information content (AvgIpc) is 2.93. The molecule has 0 radical (unpaired) electrons. The topological polar surface area (TPSA) is 94.3 Å². The average molecular weight is 327 g/mol. The van der Waals surface area contributed by atoms with Gasteiger partial charge in [-0.2, -0.15) is 0 Å². The number of carbonyl (C=O) groups excluding carboxylic acids is 2. The molecular formula is C16H13N3O3S. The quantitative estimate of drug-likeness (QED) is 0.721. The van der Waals surface area contributed by atoms with Gasteiger partial charge in [-0.05, 0) is 42.5 Å². The van der Waals surface area contributed by atoms with Crippen LogP contribution < -0.4 is 11.1 Å². The van der Waals surface area contributed by atoms with Crippen LogP contribution in [0.2, 0.25) is 0 Å². The van der Waals surface area contributed by atoms with Crippen LogP contribution in [0.25, 0.3) is 10.2 Å². The molecule has 0 atom stereocenters. The maximum Gasteiger partial charge on any atom is 0.337 e. The second kappa shape index (κ2) is 6.05. The summed E-state index contributed by atoms with van der Waals surface area (Å²) in [5.41, 5.74) is 7.96. The third-order valence-electron chi connectivity index (χ3n) is 3.23. The van der Waals surface area contributed by atoms with E-state index in [1.165, 1.54) is 18.4 Å². The summed E-state index contributed by atoms with van der Waals surface area (Å²) in [6, 6.07) is 11.6. The van der Waals surface area contributed by atoms with Gasteiger partial charge in [-0.3, -0.25) is 4.79 Å². The Morgan fingerprint density at radius 2 is 1.83 bits per heavy atom. The molecule has 0 aliphatic heterocycles. The first-order chi connectivity index (χ1) is 11.1. The van der Waals surface area contributed by atoms with Crippen LogP contribution in [-0.2, 0) is 4.74 Å². The molecule has 0 saturated carbocycles. The molecular weight excluding hydrogens is 314 g/mol. The zero-order valence-electron chi connectivity index (χ0n) is 12.2. The first-order valence-corrected chi connectivity index (χ1v) is 7.54. The summed E-state index contributed by atoms with van der Waals surface area (Å²) >= 11 is 1.36. The van der Waals surface area contributed by atoms with Crippen molar-refractivity contribution in [2.24, 2.45) is 0 Å². The van der Waals surface area contributed by atoms with Crippen molar-refractivity contribution in [3.05, 3.63) is 53.6 Å². The summed E-state index contributed by atoms with van der Waals surface area (Å²) in [5, 5.41) is 3.29. The number of ether oxygens (including phenoxy) is 1. The van der Waals surface area contributed by atoms with Crippen LogP contribution in [0.3, 0.4) is 0 Å². The van der Waals surface area contributed by atoms with Gasteiger partial charge in [0.1, 0.15) is 0 Å². The van der Waals surface area contributed by atoms with Crippen LogP contribution >= 0.6 is 11.3 Å². The SMILES string of the molecule is COC(=O)c1ccc(C(=O)Nc2ccc3nc(N)sc3c2)cc1. The van der Waals surface area contributed by atoms with Crippen molar-refractivity contribution in [1.29, 1.82) is 0 Å². The molecule has 3 rings (SSSR count). The minimum absolute atomic E-state index is 0.266. The lowest BCUT2D eigenvalue weighted by molar-refractivity contribution is 0.0600. The van der Waals surface area contributed by atoms with E-state index in [9.17, 15) is 9.59 Å². The van der Waals surface area contributed by atoms with Gasteiger partial charge in [0.25, 0.3) is 5.91 Å². The number of nitrogens with one attached hydrogen (secondary N) is 1. The third kappa shape index (κ3) is 3.14. The molecule has 6 nitrogen and oxygen atoms in total. The number of benzene rings is 2. The number of nitrogens with zero attached hydrogens (tertiary/aromatic N) is 1. The lowest BCUT2D eigenvalue weighted by Gasteiger charge is -2.06. The number of aromatic nitrogens is 1. The molecule has 0 unspecified atom stereocenters. The van der Waals surface area contributed by atoms with Gasteiger partial charge in [0.15, 0.2) is 5.13 Å². The van der Waals surface area contributed by atoms with Gasteiger partial charge >= 0.3 is 5.97 Å². The summed E-state index contributed by atoms with van der Waals surface area (Å²) in [7, 11) is 1.31. The van der Waals surface area contributed by atoms with Crippen LogP contribution in [-0.4, -0.2) is 24.0 Å². The molecule has 116 valence electrons. The highest BCUT2D eigenvalue weighted by atomic mass is 32.1. The molecule has 23 heavy (non-hydrogen) atoms. The molecule has 0 spiro atoms. The number of anilines is 2. The van der Waals surface area contributed by atoms with Gasteiger partial charge in [-0.15, -0.1) is 0 Å². The van der Waals surface area contributed by atoms with Crippen molar-refractivity contribution in [3.8, 4) is 0 Å². The number of fused-ring (bicyclic) bond motifs is 1. The fourth-order valence-electron chi connectivity index (χ4n) is 2.10. The number of carbonyl (C=O) groups is 2. The predicted octanol–water partition coefficient (Wildman–Crippen LogP) is 2.92. The highest BCUT2D eigenvalue weighted by Gasteiger charge is 2.10. The first kappa shape index (κ1) is 15.0. The number of amides is 1. The normalized spacial score (nSPS) is 10.5. The summed E-state index contributed by atoms with van der Waals surface area (Å²) in [4.78, 5) is 27.8. The number of hydrogen-bond acceptors (Lipinski definition) is 6. The molecule has 3 aromatic rings. The molecule has 1 aromatic heterocycles. The van der Waals surface area contributed by atoms with Crippen LogP contribution in [0.1, 0.15) is 20.7 Å². The molecule has 0 fully saturated rings. The van der Waals surface area contributed by atoms with E-state index in [0.717, 1.165) is 10.2 Å². The summed E-state index contributed by atoms with van der Waals surface area (Å²) < 4.78 is 5.52. The number of hydrogen-bond donors (Lipinski definition) is 2. The van der Waals surface area contributed by atoms with E-state index in [1.807, 2.05) is 6.07 Å². The molecule has 0 aliphatic carbocycles. The number of rotatable bonds is 3. The van der Waals surface area contributed by atoms with Gasteiger partial charge in [-0.25, -0.2) is 9.78 Å². The number of nitrogens with two attached hydrogens (primary N) is 1. The summed E-state index contributed by atoms with van der Waals surface area (Å²) in [6.45, 7) is 0. The van der Waals surface area contributed by atoms with Crippen LogP contribution in [0.4, 0.5) is 10.8 Å². The van der Waals surface area contributed by atoms with Crippen molar-refractivity contribution < 1.29 is 14.3 Å². The van der Waals surface area contributed by atoms with E-state index in [2.05, 4.69) is 15.0 Å². The van der Waals surface area contributed by atoms with Crippen molar-refractivity contribution in [2.75, 3.05) is 18.2 Å². The van der Waals surface area contributed by atoms with Crippen molar-refractivity contribution in [2.45, 2.75) is 0 Å². The maximum absolute atomic E-state index is 12.2. The van der Waals surface area contributed by atoms with Crippen molar-refractivity contribution >= 4 is 44.2 Å². The third-order valence-corrected chi connectivity index (χ3v) is 4.08. The van der Waals surface area contributed by atoms with Crippen LogP contribution in [0.5, 0.6) is 0 Å². The Morgan fingerprint density at radius 3 is 2.52 bits per heavy atom. The molecule has 1 amide bonds. The summed E-state index contributed by atoms with van der Waals surface area (Å²) in [6.07, 6.45) is 0. The standard InChI is InChI=1S/C16H13N3O3S/c1-22-15(21)10-4-2-9(3-5-10)14(20)18-11-6-7-12-13(8-11)23-16(17)19-12/h2-8H,1H3,(H2,17,19)(H,18,20). The molecule has 3 N–H and O–H groups in total. The van der Waals surface area contributed by atoms with E-state index >= 15 is 0 Å². The largest absolute Gasteiger partial charge is 0.465 e. The zero-order valence-corrected chi connectivity index (χ0v) is 13.0. The zero-order chi connectivity index (χ0) is 16.4. The fourth-order valence-corrected chi connectivity index (χ4v) is 2.87. The molecule has 7 heteroatoms. The van der Waals surface area contributed by atoms with E-state index in [0.29, 0.717) is 21.9 Å². The van der Waals surface area contributed by atoms with Crippen LogP contribution in [0, 0.1) is 0 Å². The number of methoxy groups -OCH3 is 1. The number of thiazole rings is 1. The smallest absolute Gasteiger partial charge is 0.337 e. The van der Waals surface area contributed by atoms with E-state index in [-0.39, 0.29) is 5.91 Å². The van der Waals surface area contributed by atoms with Gasteiger partial charge < -0.3 is 15.8 Å². The minimum atomic E-state index is -0.440. The fraction of sp³-hybridized carbons (Fsp3) is 0.0625. The number of nitrogen functional groups attached to an aromatic ring is 1. The maximum atomic E-state index is 12.2. The molecule has 2 aromatic carbocycles. The second-order valence-corrected chi connectivity index (χ2v) is 5.82. The molecule has 0 bridgehead atoms. The van der Waals surface area contributed by atoms with Gasteiger partial charge in [-0.1, -0.05) is 11.3 Å². The monoisotopic (exact) mass is 327 g/mol. The van der Waals surface area contributed by atoms with Gasteiger partial charge in [0.05, 0.1) is 22.9 Å². The lowest BCUT2D eigenvalue weighted by Crippen LogP contribution is -2.12. The second-order valence-electron chi connectivity index (χ2n) is 4.76. The molecule has 0 saturated heterocycles. The Hall–Kier alpha value is -2.93. The first-order valence-electron chi connectivity index (χ1n) is 6.72. The Balaban J connectivity index is 1.78. The number of esters is 1. The van der Waals surface area contributed by atoms with Crippen molar-refractivity contribution in [1.82, 2.24) is 4.98 Å². The Bertz CT molecular complexity index is 887. The predicted molar refractivity (Wildman–Crippen MR) is 89.8 cm³/mol. The van der Waals surface area contributed by atoms with Crippen molar-refractivity contribution in [3.63, 3.8) is 0 Å². The van der Waals surface area contributed by atoms with E-state index in [4.69, 9.17) is 5.73 Å². The van der Waals surface area contributed by atoms with E-state index < -0.39 is 5.97 Å². The lowest BCUT2D eigenvalue weighted by atomic mass is 10.1. The van der Waals surface area contributed by atoms with Gasteiger partial charge in [0.2, 0.25) is 0 Å². The minimum Gasteiger partial charge on any atom is -0.465 e.